The summed E-state index contributed by atoms with van der Waals surface area (Å²) in [5, 5.41) is 21.5. The topological polar surface area (TPSA) is 84.7 Å². The van der Waals surface area contributed by atoms with Crippen LogP contribution in [0.25, 0.3) is 0 Å². The predicted molar refractivity (Wildman–Crippen MR) is 254 cm³/mol. The minimum Gasteiger partial charge on any atom is -0.508 e. The molecule has 7 aromatic rings. The molecule has 8 heteroatoms. The second-order valence-electron chi connectivity index (χ2n) is 17.8. The number of aromatic nitrogens is 2. The number of hydrogen-bond acceptors (Lipinski definition) is 5. The number of para-hydroxylation sites is 1. The van der Waals surface area contributed by atoms with Crippen molar-refractivity contribution in [3.05, 3.63) is 198 Å². The third-order valence-corrected chi connectivity index (χ3v) is 11.6. The molecule has 1 radical (unpaired) electrons. The maximum atomic E-state index is 11.0. The van der Waals surface area contributed by atoms with E-state index in [4.69, 9.17) is 0 Å². The molecule has 0 fully saturated rings. The Kier molecular flexibility index (Phi) is 15.8. The zero-order valence-corrected chi connectivity index (χ0v) is 37.8. The minimum absolute atomic E-state index is 0. The Morgan fingerprint density at radius 2 is 1.15 bits per heavy atom. The van der Waals surface area contributed by atoms with Gasteiger partial charge in [-0.3, -0.25) is 9.89 Å². The number of aliphatic imine (C=N–C) groups is 1. The molecule has 1 aromatic heterocycles. The van der Waals surface area contributed by atoms with Crippen molar-refractivity contribution in [2.75, 3.05) is 20.1 Å². The van der Waals surface area contributed by atoms with Gasteiger partial charge in [-0.15, -0.1) is 0 Å². The SMILES string of the molecule is CN(CCN=Cc1cc(C(C)(C)C)cc(C(C)(C)C)c1O)[C@@H](Cc1ncc[nH]1)c1ccccc1O.[Mn].c1ccc([B-](c2ccccc2)(c2ccccc2)c2ccccc2)cc1. The molecule has 0 bridgehead atoms. The number of benzene rings is 6. The first kappa shape index (κ1) is 46.4. The van der Waals surface area contributed by atoms with Crippen molar-refractivity contribution in [3.63, 3.8) is 0 Å². The number of aromatic hydroxyl groups is 2. The number of imidazole rings is 1. The molecule has 1 atom stereocenters. The van der Waals surface area contributed by atoms with Crippen molar-refractivity contribution in [3.8, 4) is 11.5 Å². The van der Waals surface area contributed by atoms with E-state index in [1.807, 2.05) is 37.5 Å². The van der Waals surface area contributed by atoms with Crippen LogP contribution in [0.15, 0.2) is 175 Å². The third kappa shape index (κ3) is 11.2. The van der Waals surface area contributed by atoms with E-state index >= 15 is 0 Å². The smallest absolute Gasteiger partial charge is 0.128 e. The molecule has 6 aromatic carbocycles. The number of aromatic amines is 1. The summed E-state index contributed by atoms with van der Waals surface area (Å²) in [6, 6.07) is 55.1. The van der Waals surface area contributed by atoms with Crippen molar-refractivity contribution in [1.82, 2.24) is 14.9 Å². The molecule has 1 heterocycles. The quantitative estimate of drug-likeness (QED) is 0.0849. The molecule has 0 aliphatic carbocycles. The summed E-state index contributed by atoms with van der Waals surface area (Å²) in [7, 11) is 2.03. The van der Waals surface area contributed by atoms with Gasteiger partial charge in [0.1, 0.15) is 23.5 Å². The molecule has 0 amide bonds. The number of rotatable bonds is 12. The van der Waals surface area contributed by atoms with Crippen LogP contribution >= 0.6 is 0 Å². The average molecular weight is 851 g/mol. The van der Waals surface area contributed by atoms with Gasteiger partial charge in [0.15, 0.2) is 0 Å². The van der Waals surface area contributed by atoms with Gasteiger partial charge in [0.2, 0.25) is 0 Å². The van der Waals surface area contributed by atoms with Crippen molar-refractivity contribution >= 4 is 34.2 Å². The molecule has 0 saturated carbocycles. The summed E-state index contributed by atoms with van der Waals surface area (Å²) in [4.78, 5) is 14.4. The summed E-state index contributed by atoms with van der Waals surface area (Å²) in [6.45, 7) is 14.1. The number of hydrogen-bond donors (Lipinski definition) is 3. The number of phenolic OH excluding ortho intramolecular Hbond substituents is 2. The Hall–Kier alpha value is -5.66. The summed E-state index contributed by atoms with van der Waals surface area (Å²) in [5.74, 6) is 1.44. The molecule has 0 unspecified atom stereocenters. The van der Waals surface area contributed by atoms with Crippen LogP contribution in [0.4, 0.5) is 0 Å². The maximum Gasteiger partial charge on any atom is 0.128 e. The van der Waals surface area contributed by atoms with Crippen molar-refractivity contribution < 1.29 is 27.3 Å². The van der Waals surface area contributed by atoms with Crippen LogP contribution in [-0.4, -0.2) is 57.6 Å². The van der Waals surface area contributed by atoms with E-state index in [9.17, 15) is 10.2 Å². The van der Waals surface area contributed by atoms with Crippen molar-refractivity contribution in [2.24, 2.45) is 4.99 Å². The fourth-order valence-electron chi connectivity index (χ4n) is 8.28. The Labute approximate surface area is 374 Å². The van der Waals surface area contributed by atoms with Crippen LogP contribution in [0, 0.1) is 0 Å². The Morgan fingerprint density at radius 1 is 0.672 bits per heavy atom. The van der Waals surface area contributed by atoms with E-state index < -0.39 is 6.15 Å². The average Bonchev–Trinajstić information content (AvgIpc) is 3.77. The van der Waals surface area contributed by atoms with Crippen molar-refractivity contribution in [1.29, 1.82) is 0 Å². The monoisotopic (exact) mass is 850 g/mol. The molecule has 61 heavy (non-hydrogen) atoms. The number of likely N-dealkylation sites (N-methyl/N-ethyl adjacent to an activating group) is 1. The summed E-state index contributed by atoms with van der Waals surface area (Å²) in [5.41, 5.74) is 8.87. The van der Waals surface area contributed by atoms with Gasteiger partial charge in [0.25, 0.3) is 0 Å². The molecule has 0 aliphatic heterocycles. The van der Waals surface area contributed by atoms with E-state index in [0.717, 1.165) is 22.5 Å². The van der Waals surface area contributed by atoms with E-state index in [-0.39, 0.29) is 39.7 Å². The first-order valence-corrected chi connectivity index (χ1v) is 21.0. The maximum absolute atomic E-state index is 11.0. The molecular weight excluding hydrogens is 790 g/mol. The predicted octanol–water partition coefficient (Wildman–Crippen LogP) is 8.81. The van der Waals surface area contributed by atoms with E-state index in [0.29, 0.717) is 25.3 Å². The second kappa shape index (κ2) is 20.7. The van der Waals surface area contributed by atoms with Gasteiger partial charge in [0, 0.05) is 71.4 Å². The molecule has 0 spiro atoms. The van der Waals surface area contributed by atoms with Gasteiger partial charge in [-0.1, -0.05) is 187 Å². The van der Waals surface area contributed by atoms with Gasteiger partial charge in [-0.2, -0.15) is 21.9 Å². The Balaban J connectivity index is 0.000000238. The van der Waals surface area contributed by atoms with Crippen LogP contribution in [0.5, 0.6) is 11.5 Å². The molecule has 315 valence electrons. The van der Waals surface area contributed by atoms with Gasteiger partial charge < -0.3 is 15.2 Å². The third-order valence-electron chi connectivity index (χ3n) is 11.6. The van der Waals surface area contributed by atoms with Gasteiger partial charge >= 0.3 is 0 Å². The normalized spacial score (nSPS) is 12.4. The summed E-state index contributed by atoms with van der Waals surface area (Å²) in [6.07, 6.45) is 4.77. The molecule has 3 N–H and O–H groups in total. The summed E-state index contributed by atoms with van der Waals surface area (Å²) < 4.78 is 0. The molecule has 0 aliphatic rings. The number of nitrogens with zero attached hydrogens (tertiary/aromatic N) is 3. The Morgan fingerprint density at radius 3 is 1.57 bits per heavy atom. The van der Waals surface area contributed by atoms with Gasteiger partial charge in [0.05, 0.1) is 6.54 Å². The minimum atomic E-state index is -1.22. The largest absolute Gasteiger partial charge is 0.508 e. The Bertz CT molecular complexity index is 2250. The zero-order valence-electron chi connectivity index (χ0n) is 36.6. The molecule has 7 rings (SSSR count). The van der Waals surface area contributed by atoms with E-state index in [1.54, 1.807) is 18.5 Å². The van der Waals surface area contributed by atoms with E-state index in [2.05, 4.69) is 189 Å². The first-order valence-electron chi connectivity index (χ1n) is 21.0. The number of phenols is 2. The summed E-state index contributed by atoms with van der Waals surface area (Å²) >= 11 is 0. The molecule has 0 saturated heterocycles. The van der Waals surface area contributed by atoms with Crippen molar-refractivity contribution in [2.45, 2.75) is 64.8 Å². The second-order valence-corrected chi connectivity index (χ2v) is 17.8. The molecule has 6 nitrogen and oxygen atoms in total. The van der Waals surface area contributed by atoms with Crippen LogP contribution in [-0.2, 0) is 34.3 Å². The standard InChI is InChI=1S/C29H40N4O2.C24H20B.Mn/c1-28(2,3)21-16-20(27(35)23(17-21)29(4,5)6)19-30-14-15-33(7)24(18-26-31-12-13-32-26)22-10-8-9-11-25(22)34;1-5-13-21(14-6-1)25(22-15-7-2-8-16-22,23-17-9-3-10-18-23)24-19-11-4-12-20-24;/h8-13,16-17,19,24,34-35H,14-15,18H2,1-7H3,(H,31,32);1-20H;/q;-1;/t24-;;/m0../s1. The van der Waals surface area contributed by atoms with Crippen LogP contribution in [0.3, 0.4) is 0 Å². The van der Waals surface area contributed by atoms with Crippen LogP contribution < -0.4 is 21.9 Å². The van der Waals surface area contributed by atoms with Crippen LogP contribution in [0.1, 0.15) is 75.7 Å². The molecular formula is C53H60BMnN4O2-. The fraction of sp³-hybridized carbons (Fsp3) is 0.245. The van der Waals surface area contributed by atoms with Crippen LogP contribution in [0.2, 0.25) is 0 Å². The van der Waals surface area contributed by atoms with Gasteiger partial charge in [-0.25, -0.2) is 4.98 Å². The first-order chi connectivity index (χ1) is 28.8. The zero-order chi connectivity index (χ0) is 42.8. The fourth-order valence-corrected chi connectivity index (χ4v) is 8.28. The number of nitrogens with one attached hydrogen (secondary N) is 1. The van der Waals surface area contributed by atoms with Gasteiger partial charge in [-0.05, 0) is 35.6 Å². The van der Waals surface area contributed by atoms with E-state index in [1.165, 1.54) is 27.4 Å². The number of H-pyrrole nitrogens is 1.